The molecule has 31 heavy (non-hydrogen) atoms. The van der Waals surface area contributed by atoms with Crippen LogP contribution >= 0.6 is 12.2 Å². The zero-order valence-corrected chi connectivity index (χ0v) is 17.2. The van der Waals surface area contributed by atoms with E-state index in [2.05, 4.69) is 4.90 Å². The van der Waals surface area contributed by atoms with E-state index in [1.165, 1.54) is 18.2 Å². The maximum absolute atomic E-state index is 11.0. The van der Waals surface area contributed by atoms with Crippen LogP contribution in [-0.2, 0) is 0 Å². The second-order valence-corrected chi connectivity index (χ2v) is 7.41. The van der Waals surface area contributed by atoms with Gasteiger partial charge in [0, 0.05) is 61.7 Å². The van der Waals surface area contributed by atoms with E-state index in [0.717, 1.165) is 11.3 Å². The van der Waals surface area contributed by atoms with E-state index >= 15 is 0 Å². The van der Waals surface area contributed by atoms with Crippen molar-refractivity contribution in [2.75, 3.05) is 31.1 Å². The summed E-state index contributed by atoms with van der Waals surface area (Å²) in [6.45, 7) is 2.68. The third kappa shape index (κ3) is 4.38. The molecular formula is C21H18N4O5S. The summed E-state index contributed by atoms with van der Waals surface area (Å²) in [5, 5.41) is 21.8. The zero-order chi connectivity index (χ0) is 22.0. The summed E-state index contributed by atoms with van der Waals surface area (Å²) in [6, 6.07) is 16.4. The Bertz CT molecular complexity index is 1140. The number of furan rings is 1. The fourth-order valence-electron chi connectivity index (χ4n) is 3.48. The topological polar surface area (TPSA) is 106 Å². The van der Waals surface area contributed by atoms with Gasteiger partial charge in [-0.3, -0.25) is 20.2 Å². The molecule has 0 saturated carbocycles. The number of nitrogens with zero attached hydrogens (tertiary/aromatic N) is 4. The lowest BCUT2D eigenvalue weighted by Gasteiger charge is -2.36. The van der Waals surface area contributed by atoms with E-state index in [-0.39, 0.29) is 11.4 Å². The van der Waals surface area contributed by atoms with E-state index in [9.17, 15) is 20.2 Å². The SMILES string of the molecule is O=[N+]([O-])c1ccc(-c2ccc(C(=S)N3CCN(c4cccc([N+](=O)[O-])c4)CC3)o2)cc1. The van der Waals surface area contributed by atoms with Crippen molar-refractivity contribution in [3.05, 3.63) is 86.7 Å². The van der Waals surface area contributed by atoms with Crippen LogP contribution in [0.2, 0.25) is 0 Å². The maximum Gasteiger partial charge on any atom is 0.271 e. The minimum absolute atomic E-state index is 0.0210. The van der Waals surface area contributed by atoms with Gasteiger partial charge in [0.2, 0.25) is 0 Å². The van der Waals surface area contributed by atoms with E-state index in [4.69, 9.17) is 16.6 Å². The molecule has 4 rings (SSSR count). The lowest BCUT2D eigenvalue weighted by atomic mass is 10.1. The van der Waals surface area contributed by atoms with Gasteiger partial charge in [0.25, 0.3) is 11.4 Å². The van der Waals surface area contributed by atoms with Crippen molar-refractivity contribution in [3.63, 3.8) is 0 Å². The Kier molecular flexibility index (Phi) is 5.63. The first-order chi connectivity index (χ1) is 14.9. The molecule has 0 atom stereocenters. The van der Waals surface area contributed by atoms with Crippen molar-refractivity contribution in [1.29, 1.82) is 0 Å². The Balaban J connectivity index is 1.41. The molecule has 0 amide bonds. The predicted octanol–water partition coefficient (Wildman–Crippen LogP) is 4.26. The summed E-state index contributed by atoms with van der Waals surface area (Å²) in [6.07, 6.45) is 0. The average molecular weight is 438 g/mol. The van der Waals surface area contributed by atoms with Gasteiger partial charge in [0.05, 0.1) is 9.85 Å². The third-order valence-corrected chi connectivity index (χ3v) is 5.61. The van der Waals surface area contributed by atoms with Crippen LogP contribution in [0.25, 0.3) is 11.3 Å². The Hall–Kier alpha value is -3.79. The monoisotopic (exact) mass is 438 g/mol. The normalized spacial score (nSPS) is 13.8. The highest BCUT2D eigenvalue weighted by molar-refractivity contribution is 7.80. The fourth-order valence-corrected chi connectivity index (χ4v) is 3.77. The van der Waals surface area contributed by atoms with Gasteiger partial charge < -0.3 is 14.2 Å². The first-order valence-electron chi connectivity index (χ1n) is 9.56. The molecule has 0 N–H and O–H groups in total. The Morgan fingerprint density at radius 3 is 2.19 bits per heavy atom. The van der Waals surface area contributed by atoms with Crippen molar-refractivity contribution in [1.82, 2.24) is 4.90 Å². The number of non-ortho nitro benzene ring substituents is 2. The van der Waals surface area contributed by atoms with Gasteiger partial charge in [0.15, 0.2) is 5.76 Å². The van der Waals surface area contributed by atoms with Crippen LogP contribution in [0.15, 0.2) is 65.1 Å². The first kappa shape index (κ1) is 20.5. The van der Waals surface area contributed by atoms with Crippen LogP contribution in [0.3, 0.4) is 0 Å². The number of hydrogen-bond donors (Lipinski definition) is 0. The highest BCUT2D eigenvalue weighted by atomic mass is 32.1. The maximum atomic E-state index is 11.0. The number of hydrogen-bond acceptors (Lipinski definition) is 7. The molecule has 1 aromatic heterocycles. The van der Waals surface area contributed by atoms with Crippen LogP contribution in [0.1, 0.15) is 5.76 Å². The number of rotatable bonds is 5. The lowest BCUT2D eigenvalue weighted by Crippen LogP contribution is -2.48. The van der Waals surface area contributed by atoms with Gasteiger partial charge in [-0.15, -0.1) is 0 Å². The number of nitro benzene ring substituents is 2. The van der Waals surface area contributed by atoms with Crippen molar-refractivity contribution < 1.29 is 14.3 Å². The molecule has 2 heterocycles. The molecule has 1 aliphatic heterocycles. The minimum Gasteiger partial charge on any atom is -0.454 e. The molecule has 0 radical (unpaired) electrons. The summed E-state index contributed by atoms with van der Waals surface area (Å²) in [5.74, 6) is 1.15. The highest BCUT2D eigenvalue weighted by Gasteiger charge is 2.23. The first-order valence-corrected chi connectivity index (χ1v) is 9.96. The number of anilines is 1. The van der Waals surface area contributed by atoms with E-state index in [1.807, 2.05) is 11.0 Å². The Labute approximate surface area is 182 Å². The number of benzene rings is 2. The summed E-state index contributed by atoms with van der Waals surface area (Å²) >= 11 is 5.60. The average Bonchev–Trinajstić information content (AvgIpc) is 3.29. The molecule has 1 fully saturated rings. The molecule has 2 aromatic carbocycles. The summed E-state index contributed by atoms with van der Waals surface area (Å²) in [5.41, 5.74) is 1.64. The van der Waals surface area contributed by atoms with Crippen LogP contribution in [0.4, 0.5) is 17.1 Å². The summed E-state index contributed by atoms with van der Waals surface area (Å²) in [7, 11) is 0. The van der Waals surface area contributed by atoms with Crippen LogP contribution in [0.5, 0.6) is 0 Å². The fraction of sp³-hybridized carbons (Fsp3) is 0.190. The Morgan fingerprint density at radius 2 is 1.55 bits per heavy atom. The van der Waals surface area contributed by atoms with Gasteiger partial charge in [-0.25, -0.2) is 0 Å². The lowest BCUT2D eigenvalue weighted by molar-refractivity contribution is -0.385. The van der Waals surface area contributed by atoms with E-state index in [1.54, 1.807) is 36.4 Å². The van der Waals surface area contributed by atoms with Gasteiger partial charge in [-0.1, -0.05) is 18.3 Å². The highest BCUT2D eigenvalue weighted by Crippen LogP contribution is 2.26. The van der Waals surface area contributed by atoms with Crippen molar-refractivity contribution in [2.24, 2.45) is 0 Å². The molecule has 3 aromatic rings. The number of thiocarbonyl (C=S) groups is 1. The molecule has 0 spiro atoms. The smallest absolute Gasteiger partial charge is 0.271 e. The molecule has 0 aliphatic carbocycles. The van der Waals surface area contributed by atoms with Gasteiger partial charge in [-0.2, -0.15) is 0 Å². The van der Waals surface area contributed by atoms with E-state index in [0.29, 0.717) is 42.7 Å². The standard InChI is InChI=1S/C21H18N4O5S/c26-24(27)16-6-4-15(5-7-16)19-8-9-20(30-19)21(31)23-12-10-22(11-13-23)17-2-1-3-18(14-17)25(28)29/h1-9,14H,10-13H2. The molecule has 1 saturated heterocycles. The van der Waals surface area contributed by atoms with Crippen LogP contribution < -0.4 is 4.90 Å². The molecule has 158 valence electrons. The number of nitro groups is 2. The predicted molar refractivity (Wildman–Crippen MR) is 119 cm³/mol. The van der Waals surface area contributed by atoms with Crippen LogP contribution in [-0.4, -0.2) is 45.9 Å². The largest absolute Gasteiger partial charge is 0.454 e. The molecule has 0 unspecified atom stereocenters. The van der Waals surface area contributed by atoms with Gasteiger partial charge >= 0.3 is 0 Å². The van der Waals surface area contributed by atoms with Gasteiger partial charge in [-0.05, 0) is 30.3 Å². The quantitative estimate of drug-likeness (QED) is 0.330. The second kappa shape index (κ2) is 8.52. The summed E-state index contributed by atoms with van der Waals surface area (Å²) < 4.78 is 5.90. The van der Waals surface area contributed by atoms with Crippen molar-refractivity contribution >= 4 is 34.3 Å². The van der Waals surface area contributed by atoms with Crippen molar-refractivity contribution in [3.8, 4) is 11.3 Å². The third-order valence-electron chi connectivity index (χ3n) is 5.15. The minimum atomic E-state index is -0.445. The molecule has 0 bridgehead atoms. The molecule has 10 heteroatoms. The molecular weight excluding hydrogens is 420 g/mol. The number of piperazine rings is 1. The summed E-state index contributed by atoms with van der Waals surface area (Å²) in [4.78, 5) is 25.7. The molecule has 1 aliphatic rings. The molecule has 9 nitrogen and oxygen atoms in total. The Morgan fingerprint density at radius 1 is 0.871 bits per heavy atom. The zero-order valence-electron chi connectivity index (χ0n) is 16.3. The van der Waals surface area contributed by atoms with Crippen molar-refractivity contribution in [2.45, 2.75) is 0 Å². The van der Waals surface area contributed by atoms with Crippen LogP contribution in [0, 0.1) is 20.2 Å². The van der Waals surface area contributed by atoms with E-state index < -0.39 is 9.85 Å². The second-order valence-electron chi connectivity index (χ2n) is 7.02. The van der Waals surface area contributed by atoms with Gasteiger partial charge in [0.1, 0.15) is 10.7 Å².